The first-order chi connectivity index (χ1) is 10.1. The Morgan fingerprint density at radius 2 is 1.95 bits per heavy atom. The molecule has 8 heteroatoms. The molecule has 108 valence electrons. The number of aromatic nitrogens is 1. The lowest BCUT2D eigenvalue weighted by molar-refractivity contribution is -0.384. The molecule has 0 fully saturated rings. The Morgan fingerprint density at radius 1 is 1.24 bits per heavy atom. The van der Waals surface area contributed by atoms with Crippen LogP contribution in [0.2, 0.25) is 0 Å². The summed E-state index contributed by atoms with van der Waals surface area (Å²) in [5.74, 6) is 0.242. The van der Waals surface area contributed by atoms with Gasteiger partial charge in [0.05, 0.1) is 17.6 Å². The molecule has 1 amide bonds. The predicted molar refractivity (Wildman–Crippen MR) is 71.9 cm³/mol. The van der Waals surface area contributed by atoms with Crippen LogP contribution in [0.3, 0.4) is 0 Å². The number of nitrogens with one attached hydrogen (secondary N) is 1. The summed E-state index contributed by atoms with van der Waals surface area (Å²) in [4.78, 5) is 29.9. The van der Waals surface area contributed by atoms with Gasteiger partial charge in [-0.25, -0.2) is 10.5 Å². The second-order valence-electron chi connectivity index (χ2n) is 3.87. The van der Waals surface area contributed by atoms with E-state index in [1.165, 1.54) is 49.7 Å². The topological polar surface area (TPSA) is 104 Å². The molecule has 1 aromatic carbocycles. The van der Waals surface area contributed by atoms with Crippen molar-refractivity contribution in [1.82, 2.24) is 10.5 Å². The Labute approximate surface area is 119 Å². The van der Waals surface area contributed by atoms with E-state index in [1.807, 2.05) is 0 Å². The number of benzene rings is 1. The monoisotopic (exact) mass is 289 g/mol. The number of carbonyl (C=O) groups is 1. The number of ether oxygens (including phenoxy) is 1. The number of hydrogen-bond donors (Lipinski definition) is 1. The summed E-state index contributed by atoms with van der Waals surface area (Å²) < 4.78 is 5.41. The molecule has 21 heavy (non-hydrogen) atoms. The maximum absolute atomic E-state index is 11.4. The summed E-state index contributed by atoms with van der Waals surface area (Å²) in [6.07, 6.45) is 1.33. The minimum atomic E-state index is -0.495. The summed E-state index contributed by atoms with van der Waals surface area (Å²) >= 11 is 0. The molecular weight excluding hydrogens is 278 g/mol. The van der Waals surface area contributed by atoms with Crippen LogP contribution in [0.4, 0.5) is 5.69 Å². The highest BCUT2D eigenvalue weighted by Gasteiger charge is 2.08. The van der Waals surface area contributed by atoms with Gasteiger partial charge in [-0.3, -0.25) is 19.7 Å². The molecule has 0 aliphatic carbocycles. The molecule has 8 nitrogen and oxygen atoms in total. The van der Waals surface area contributed by atoms with E-state index in [9.17, 15) is 14.9 Å². The first kappa shape index (κ1) is 14.4. The van der Waals surface area contributed by atoms with Gasteiger partial charge in [0.1, 0.15) is 5.75 Å². The average Bonchev–Trinajstić information content (AvgIpc) is 2.49. The number of rotatable bonds is 5. The Hall–Kier alpha value is -3.00. The number of amides is 1. The van der Waals surface area contributed by atoms with Crippen LogP contribution < -0.4 is 10.2 Å². The van der Waals surface area contributed by atoms with E-state index >= 15 is 0 Å². The number of nitrogens with zero attached hydrogens (tertiary/aromatic N) is 2. The third-order valence-electron chi connectivity index (χ3n) is 2.46. The van der Waals surface area contributed by atoms with Crippen LogP contribution in [0.5, 0.6) is 11.6 Å². The van der Waals surface area contributed by atoms with Crippen LogP contribution in [-0.2, 0) is 4.84 Å². The van der Waals surface area contributed by atoms with Crippen molar-refractivity contribution in [3.63, 3.8) is 0 Å². The fraction of sp³-hybridized carbons (Fsp3) is 0.0769. The van der Waals surface area contributed by atoms with Crippen molar-refractivity contribution < 1.29 is 19.3 Å². The standard InChI is InChI=1S/C13H11N3O5/c1-20-15-13(17)9-2-7-12(14-8-9)21-11-5-3-10(4-6-11)16(18)19/h2-8H,1H3,(H,15,17). The highest BCUT2D eigenvalue weighted by molar-refractivity contribution is 5.93. The van der Waals surface area contributed by atoms with Crippen LogP contribution in [0.25, 0.3) is 0 Å². The highest BCUT2D eigenvalue weighted by atomic mass is 16.6. The van der Waals surface area contributed by atoms with Gasteiger partial charge in [-0.1, -0.05) is 0 Å². The van der Waals surface area contributed by atoms with Crippen molar-refractivity contribution in [1.29, 1.82) is 0 Å². The number of pyridine rings is 1. The molecule has 0 radical (unpaired) electrons. The van der Waals surface area contributed by atoms with Gasteiger partial charge in [0.25, 0.3) is 11.6 Å². The molecule has 0 aliphatic rings. The van der Waals surface area contributed by atoms with Crippen LogP contribution in [0, 0.1) is 10.1 Å². The number of carbonyl (C=O) groups excluding carboxylic acids is 1. The van der Waals surface area contributed by atoms with Gasteiger partial charge in [-0.2, -0.15) is 0 Å². The molecule has 0 atom stereocenters. The Morgan fingerprint density at radius 3 is 2.48 bits per heavy atom. The second-order valence-corrected chi connectivity index (χ2v) is 3.87. The van der Waals surface area contributed by atoms with E-state index in [-0.39, 0.29) is 11.6 Å². The van der Waals surface area contributed by atoms with E-state index in [4.69, 9.17) is 4.74 Å². The molecule has 0 unspecified atom stereocenters. The molecule has 0 spiro atoms. The lowest BCUT2D eigenvalue weighted by Gasteiger charge is -2.05. The quantitative estimate of drug-likeness (QED) is 0.667. The van der Waals surface area contributed by atoms with Gasteiger partial charge in [0.15, 0.2) is 0 Å². The zero-order valence-electron chi connectivity index (χ0n) is 11.0. The van der Waals surface area contributed by atoms with Crippen molar-refractivity contribution in [3.8, 4) is 11.6 Å². The van der Waals surface area contributed by atoms with Crippen molar-refractivity contribution in [2.75, 3.05) is 7.11 Å². The number of nitro groups is 1. The number of nitro benzene ring substituents is 1. The number of hydrogen-bond acceptors (Lipinski definition) is 6. The fourth-order valence-corrected chi connectivity index (χ4v) is 1.48. The summed E-state index contributed by atoms with van der Waals surface area (Å²) in [5.41, 5.74) is 2.45. The molecule has 0 saturated heterocycles. The average molecular weight is 289 g/mol. The molecular formula is C13H11N3O5. The molecule has 1 aromatic heterocycles. The van der Waals surface area contributed by atoms with Crippen LogP contribution in [0.15, 0.2) is 42.6 Å². The normalized spacial score (nSPS) is 9.95. The van der Waals surface area contributed by atoms with Gasteiger partial charge in [-0.05, 0) is 18.2 Å². The van der Waals surface area contributed by atoms with Gasteiger partial charge in [0.2, 0.25) is 5.88 Å². The van der Waals surface area contributed by atoms with Gasteiger partial charge < -0.3 is 4.74 Å². The minimum absolute atomic E-state index is 0.0260. The largest absolute Gasteiger partial charge is 0.439 e. The maximum Gasteiger partial charge on any atom is 0.276 e. The second kappa shape index (κ2) is 6.44. The predicted octanol–water partition coefficient (Wildman–Crippen LogP) is 2.07. The SMILES string of the molecule is CONC(=O)c1ccc(Oc2ccc([N+](=O)[O-])cc2)nc1. The maximum atomic E-state index is 11.4. The molecule has 2 rings (SSSR count). The smallest absolute Gasteiger partial charge is 0.276 e. The van der Waals surface area contributed by atoms with Crippen LogP contribution in [-0.4, -0.2) is 22.9 Å². The molecule has 0 saturated carbocycles. The molecule has 0 aliphatic heterocycles. The molecule has 0 bridgehead atoms. The fourth-order valence-electron chi connectivity index (χ4n) is 1.48. The Bertz CT molecular complexity index is 640. The number of hydroxylamine groups is 1. The lowest BCUT2D eigenvalue weighted by atomic mass is 10.3. The Balaban J connectivity index is 2.06. The third kappa shape index (κ3) is 3.74. The van der Waals surface area contributed by atoms with E-state index < -0.39 is 10.8 Å². The summed E-state index contributed by atoms with van der Waals surface area (Å²) in [5, 5.41) is 10.5. The van der Waals surface area contributed by atoms with Gasteiger partial charge in [0, 0.05) is 24.4 Å². The first-order valence-corrected chi connectivity index (χ1v) is 5.82. The Kier molecular flexibility index (Phi) is 4.42. The van der Waals surface area contributed by atoms with Crippen LogP contribution >= 0.6 is 0 Å². The van der Waals surface area contributed by atoms with Crippen molar-refractivity contribution >= 4 is 11.6 Å². The zero-order chi connectivity index (χ0) is 15.2. The van der Waals surface area contributed by atoms with E-state index in [1.54, 1.807) is 0 Å². The lowest BCUT2D eigenvalue weighted by Crippen LogP contribution is -2.21. The van der Waals surface area contributed by atoms with E-state index in [2.05, 4.69) is 15.3 Å². The molecule has 1 N–H and O–H groups in total. The van der Waals surface area contributed by atoms with E-state index in [0.29, 0.717) is 11.3 Å². The first-order valence-electron chi connectivity index (χ1n) is 5.82. The van der Waals surface area contributed by atoms with E-state index in [0.717, 1.165) is 0 Å². The zero-order valence-corrected chi connectivity index (χ0v) is 11.0. The van der Waals surface area contributed by atoms with Gasteiger partial charge in [-0.15, -0.1) is 0 Å². The van der Waals surface area contributed by atoms with Crippen molar-refractivity contribution in [2.45, 2.75) is 0 Å². The molecule has 1 heterocycles. The highest BCUT2D eigenvalue weighted by Crippen LogP contribution is 2.22. The summed E-state index contributed by atoms with van der Waals surface area (Å²) in [7, 11) is 1.33. The molecule has 2 aromatic rings. The minimum Gasteiger partial charge on any atom is -0.439 e. The van der Waals surface area contributed by atoms with Crippen LogP contribution in [0.1, 0.15) is 10.4 Å². The van der Waals surface area contributed by atoms with Crippen molar-refractivity contribution in [3.05, 3.63) is 58.3 Å². The third-order valence-corrected chi connectivity index (χ3v) is 2.46. The van der Waals surface area contributed by atoms with Gasteiger partial charge >= 0.3 is 0 Å². The summed E-state index contributed by atoms with van der Waals surface area (Å²) in [6.45, 7) is 0. The number of non-ortho nitro benzene ring substituents is 1. The van der Waals surface area contributed by atoms with Crippen molar-refractivity contribution in [2.24, 2.45) is 0 Å². The summed E-state index contributed by atoms with van der Waals surface area (Å²) in [6, 6.07) is 8.61.